The second-order valence-corrected chi connectivity index (χ2v) is 8.96. The number of carboxylic acid groups (broad SMARTS) is 1. The molecule has 168 valence electrons. The van der Waals surface area contributed by atoms with Gasteiger partial charge in [0.25, 0.3) is 5.91 Å². The molecule has 8 nitrogen and oxygen atoms in total. The summed E-state index contributed by atoms with van der Waals surface area (Å²) in [5.74, 6) is -0.575. The highest BCUT2D eigenvalue weighted by Gasteiger charge is 2.32. The zero-order valence-electron chi connectivity index (χ0n) is 17.8. The molecule has 1 heterocycles. The van der Waals surface area contributed by atoms with Crippen molar-refractivity contribution < 1.29 is 29.0 Å². The van der Waals surface area contributed by atoms with E-state index in [1.807, 2.05) is 13.8 Å². The number of benzene rings is 1. The van der Waals surface area contributed by atoms with Crippen LogP contribution in [0.25, 0.3) is 6.08 Å². The van der Waals surface area contributed by atoms with E-state index < -0.39 is 17.9 Å². The Labute approximate surface area is 191 Å². The molecule has 0 radical (unpaired) electrons. The van der Waals surface area contributed by atoms with E-state index in [4.69, 9.17) is 21.7 Å². The van der Waals surface area contributed by atoms with Gasteiger partial charge in [0.2, 0.25) is 5.91 Å². The summed E-state index contributed by atoms with van der Waals surface area (Å²) in [5.41, 5.74) is 0.744. The largest absolute Gasteiger partial charge is 0.493 e. The van der Waals surface area contributed by atoms with Crippen LogP contribution >= 0.6 is 24.0 Å². The molecule has 1 atom stereocenters. The number of rotatable bonds is 10. The van der Waals surface area contributed by atoms with E-state index in [2.05, 4.69) is 5.32 Å². The maximum absolute atomic E-state index is 12.8. The molecule has 1 aromatic carbocycles. The number of carbonyl (C=O) groups is 3. The number of aliphatic carboxylic acids is 1. The molecule has 1 aliphatic heterocycles. The number of methoxy groups -OCH3 is 2. The topological polar surface area (TPSA) is 105 Å². The summed E-state index contributed by atoms with van der Waals surface area (Å²) in [7, 11) is 3.07. The van der Waals surface area contributed by atoms with E-state index in [1.165, 1.54) is 12.0 Å². The van der Waals surface area contributed by atoms with Gasteiger partial charge in [-0.05, 0) is 36.1 Å². The van der Waals surface area contributed by atoms with Crippen LogP contribution in [-0.4, -0.2) is 58.9 Å². The summed E-state index contributed by atoms with van der Waals surface area (Å²) < 4.78 is 10.8. The first-order valence-corrected chi connectivity index (χ1v) is 10.9. The molecule has 1 aromatic rings. The average Bonchev–Trinajstić information content (AvgIpc) is 2.97. The predicted octanol–water partition coefficient (Wildman–Crippen LogP) is 2.91. The Morgan fingerprint density at radius 1 is 1.26 bits per heavy atom. The standard InChI is InChI=1S/C21H26N2O6S2/c1-12(2)9-14(20(26)27)22-18(24)7-8-23-19(25)17(31-21(23)30)11-13-5-6-15(28-3)16(10-13)29-4/h5-6,10-12,14H,7-9H2,1-4H3,(H,22,24)(H,26,27)/b17-11+/t14-/m1/s1. The molecule has 0 spiro atoms. The first-order valence-electron chi connectivity index (χ1n) is 9.65. The second kappa shape index (κ2) is 11.1. The molecule has 0 unspecified atom stereocenters. The van der Waals surface area contributed by atoms with Gasteiger partial charge in [-0.15, -0.1) is 0 Å². The molecule has 1 aliphatic rings. The summed E-state index contributed by atoms with van der Waals surface area (Å²) in [4.78, 5) is 38.1. The summed E-state index contributed by atoms with van der Waals surface area (Å²) >= 11 is 6.44. The Kier molecular flexibility index (Phi) is 8.88. The lowest BCUT2D eigenvalue weighted by Crippen LogP contribution is -2.43. The number of ether oxygens (including phenoxy) is 2. The quantitative estimate of drug-likeness (QED) is 0.401. The van der Waals surface area contributed by atoms with E-state index in [0.29, 0.717) is 27.1 Å². The van der Waals surface area contributed by atoms with Crippen molar-refractivity contribution in [3.63, 3.8) is 0 Å². The molecule has 0 bridgehead atoms. The Balaban J connectivity index is 2.03. The lowest BCUT2D eigenvalue weighted by atomic mass is 10.0. The highest BCUT2D eigenvalue weighted by Crippen LogP contribution is 2.34. The zero-order valence-corrected chi connectivity index (χ0v) is 19.5. The minimum Gasteiger partial charge on any atom is -0.493 e. The Hall–Kier alpha value is -2.59. The van der Waals surface area contributed by atoms with Crippen LogP contribution in [0.2, 0.25) is 0 Å². The molecule has 0 saturated carbocycles. The van der Waals surface area contributed by atoms with Crippen molar-refractivity contribution in [2.75, 3.05) is 20.8 Å². The smallest absolute Gasteiger partial charge is 0.326 e. The number of nitrogens with zero attached hydrogens (tertiary/aromatic N) is 1. The molecular formula is C21H26N2O6S2. The van der Waals surface area contributed by atoms with Gasteiger partial charge in [-0.2, -0.15) is 0 Å². The van der Waals surface area contributed by atoms with Gasteiger partial charge in [0.1, 0.15) is 10.4 Å². The van der Waals surface area contributed by atoms with E-state index in [-0.39, 0.29) is 24.8 Å². The number of thiocarbonyl (C=S) groups is 1. The number of thioether (sulfide) groups is 1. The van der Waals surface area contributed by atoms with Crippen LogP contribution in [0.3, 0.4) is 0 Å². The fourth-order valence-corrected chi connectivity index (χ4v) is 4.27. The van der Waals surface area contributed by atoms with Gasteiger partial charge in [-0.1, -0.05) is 43.9 Å². The fourth-order valence-electron chi connectivity index (χ4n) is 2.96. The Bertz CT molecular complexity index is 900. The molecule has 10 heteroatoms. The summed E-state index contributed by atoms with van der Waals surface area (Å²) in [6.45, 7) is 3.84. The van der Waals surface area contributed by atoms with E-state index >= 15 is 0 Å². The molecule has 2 N–H and O–H groups in total. The van der Waals surface area contributed by atoms with Gasteiger partial charge in [-0.3, -0.25) is 14.5 Å². The summed E-state index contributed by atoms with van der Waals surface area (Å²) in [5, 5.41) is 11.8. The molecule has 2 rings (SSSR count). The maximum atomic E-state index is 12.8. The monoisotopic (exact) mass is 466 g/mol. The fraction of sp³-hybridized carbons (Fsp3) is 0.429. The number of carbonyl (C=O) groups excluding carboxylic acids is 2. The Morgan fingerprint density at radius 2 is 1.94 bits per heavy atom. The third-order valence-corrected chi connectivity index (χ3v) is 5.86. The molecule has 0 aliphatic carbocycles. The van der Waals surface area contributed by atoms with Crippen molar-refractivity contribution in [2.45, 2.75) is 32.7 Å². The average molecular weight is 467 g/mol. The van der Waals surface area contributed by atoms with Crippen LogP contribution in [0, 0.1) is 5.92 Å². The van der Waals surface area contributed by atoms with Gasteiger partial charge in [-0.25, -0.2) is 4.79 Å². The number of hydrogen-bond donors (Lipinski definition) is 2. The van der Waals surface area contributed by atoms with Crippen molar-refractivity contribution in [3.8, 4) is 11.5 Å². The van der Waals surface area contributed by atoms with Crippen LogP contribution < -0.4 is 14.8 Å². The number of amides is 2. The SMILES string of the molecule is COc1ccc(/C=C2/SC(=S)N(CCC(=O)N[C@H](CC(C)C)C(=O)O)C2=O)cc1OC. The molecule has 31 heavy (non-hydrogen) atoms. The van der Waals surface area contributed by atoms with Crippen LogP contribution in [0.1, 0.15) is 32.3 Å². The van der Waals surface area contributed by atoms with Crippen LogP contribution in [0.5, 0.6) is 11.5 Å². The van der Waals surface area contributed by atoms with Gasteiger partial charge in [0, 0.05) is 13.0 Å². The molecule has 2 amide bonds. The third kappa shape index (κ3) is 6.70. The summed E-state index contributed by atoms with van der Waals surface area (Å²) in [6, 6.07) is 4.33. The first-order chi connectivity index (χ1) is 14.7. The highest BCUT2D eigenvalue weighted by atomic mass is 32.2. The predicted molar refractivity (Wildman–Crippen MR) is 123 cm³/mol. The van der Waals surface area contributed by atoms with Crippen molar-refractivity contribution in [1.29, 1.82) is 0 Å². The van der Waals surface area contributed by atoms with Gasteiger partial charge < -0.3 is 19.9 Å². The highest BCUT2D eigenvalue weighted by molar-refractivity contribution is 8.26. The molecule has 1 saturated heterocycles. The lowest BCUT2D eigenvalue weighted by Gasteiger charge is -2.18. The van der Waals surface area contributed by atoms with E-state index in [9.17, 15) is 19.5 Å². The van der Waals surface area contributed by atoms with Gasteiger partial charge in [0.15, 0.2) is 11.5 Å². The lowest BCUT2D eigenvalue weighted by molar-refractivity contribution is -0.142. The van der Waals surface area contributed by atoms with Gasteiger partial charge >= 0.3 is 5.97 Å². The minimum absolute atomic E-state index is 0.0437. The number of nitrogens with one attached hydrogen (secondary N) is 1. The van der Waals surface area contributed by atoms with Crippen molar-refractivity contribution in [1.82, 2.24) is 10.2 Å². The zero-order chi connectivity index (χ0) is 23.1. The maximum Gasteiger partial charge on any atom is 0.326 e. The van der Waals surface area contributed by atoms with Crippen molar-refractivity contribution >= 4 is 52.2 Å². The molecule has 0 aromatic heterocycles. The third-order valence-electron chi connectivity index (χ3n) is 4.48. The van der Waals surface area contributed by atoms with Crippen LogP contribution in [0.15, 0.2) is 23.1 Å². The Morgan fingerprint density at radius 3 is 2.52 bits per heavy atom. The van der Waals surface area contributed by atoms with Gasteiger partial charge in [0.05, 0.1) is 19.1 Å². The normalized spacial score (nSPS) is 16.0. The molecule has 1 fully saturated rings. The number of hydrogen-bond acceptors (Lipinski definition) is 7. The minimum atomic E-state index is -1.08. The number of carboxylic acids is 1. The van der Waals surface area contributed by atoms with Crippen LogP contribution in [0.4, 0.5) is 0 Å². The van der Waals surface area contributed by atoms with E-state index in [0.717, 1.165) is 17.3 Å². The van der Waals surface area contributed by atoms with Crippen molar-refractivity contribution in [2.24, 2.45) is 5.92 Å². The summed E-state index contributed by atoms with van der Waals surface area (Å²) in [6.07, 6.45) is 1.98. The van der Waals surface area contributed by atoms with Crippen molar-refractivity contribution in [3.05, 3.63) is 28.7 Å². The van der Waals surface area contributed by atoms with E-state index in [1.54, 1.807) is 31.4 Å². The van der Waals surface area contributed by atoms with Crippen LogP contribution in [-0.2, 0) is 14.4 Å². The first kappa shape index (κ1) is 24.7. The molecular weight excluding hydrogens is 440 g/mol. The second-order valence-electron chi connectivity index (χ2n) is 7.29.